The number of fused-ring (bicyclic) bond motifs is 1. The Labute approximate surface area is 199 Å². The van der Waals surface area contributed by atoms with Crippen LogP contribution in [0, 0.1) is 11.8 Å². The lowest BCUT2D eigenvalue weighted by Gasteiger charge is -2.22. The van der Waals surface area contributed by atoms with Crippen molar-refractivity contribution in [2.24, 2.45) is 11.8 Å². The molecule has 178 valence electrons. The summed E-state index contributed by atoms with van der Waals surface area (Å²) in [4.78, 5) is 7.10. The number of rotatable bonds is 13. The number of oxazole rings is 1. The van der Waals surface area contributed by atoms with Crippen LogP contribution in [0.2, 0.25) is 0 Å². The summed E-state index contributed by atoms with van der Waals surface area (Å²) in [5, 5.41) is 0. The van der Waals surface area contributed by atoms with Crippen molar-refractivity contribution < 1.29 is 9.15 Å². The third kappa shape index (κ3) is 6.48. The van der Waals surface area contributed by atoms with Crippen LogP contribution in [0.1, 0.15) is 59.4 Å². The van der Waals surface area contributed by atoms with Crippen LogP contribution < -0.4 is 4.74 Å². The van der Waals surface area contributed by atoms with Crippen molar-refractivity contribution in [1.29, 1.82) is 0 Å². The first kappa shape index (κ1) is 25.0. The fourth-order valence-corrected chi connectivity index (χ4v) is 4.29. The van der Waals surface area contributed by atoms with Crippen LogP contribution in [0.5, 0.6) is 5.75 Å². The monoisotopic (exact) mass is 448 g/mol. The Morgan fingerprint density at radius 3 is 2.45 bits per heavy atom. The maximum absolute atomic E-state index is 6.13. The highest BCUT2D eigenvalue weighted by molar-refractivity contribution is 5.81. The van der Waals surface area contributed by atoms with Gasteiger partial charge in [0, 0.05) is 12.1 Å². The molecule has 1 aromatic heterocycles. The number of benzene rings is 2. The molecular weight excluding hydrogens is 408 g/mol. The molecule has 0 N–H and O–H groups in total. The highest BCUT2D eigenvalue weighted by Gasteiger charge is 2.17. The van der Waals surface area contributed by atoms with Gasteiger partial charge in [-0.3, -0.25) is 0 Å². The summed E-state index contributed by atoms with van der Waals surface area (Å²) >= 11 is 0. The molecule has 0 saturated carbocycles. The zero-order valence-corrected chi connectivity index (χ0v) is 21.1. The van der Waals surface area contributed by atoms with Crippen LogP contribution >= 0.6 is 0 Å². The van der Waals surface area contributed by atoms with E-state index in [0.29, 0.717) is 24.3 Å². The average molecular weight is 449 g/mol. The number of ether oxygens (including phenoxy) is 1. The minimum absolute atomic E-state index is 0.434. The predicted molar refractivity (Wildman–Crippen MR) is 140 cm³/mol. The molecule has 0 fully saturated rings. The molecule has 0 spiro atoms. The van der Waals surface area contributed by atoms with E-state index in [9.17, 15) is 0 Å². The van der Waals surface area contributed by atoms with Crippen molar-refractivity contribution in [3.8, 4) is 17.2 Å². The maximum atomic E-state index is 6.13. The molecular formula is C29H40N2O2. The molecule has 1 heterocycles. The number of hydrogen-bond acceptors (Lipinski definition) is 4. The van der Waals surface area contributed by atoms with Gasteiger partial charge in [0.2, 0.25) is 5.89 Å². The Kier molecular flexibility index (Phi) is 9.13. The minimum Gasteiger partial charge on any atom is -0.492 e. The number of aromatic nitrogens is 1. The highest BCUT2D eigenvalue weighted by atomic mass is 16.5. The molecule has 0 unspecified atom stereocenters. The lowest BCUT2D eigenvalue weighted by atomic mass is 9.83. The molecule has 0 aliphatic rings. The van der Waals surface area contributed by atoms with Gasteiger partial charge >= 0.3 is 0 Å². The largest absolute Gasteiger partial charge is 0.492 e. The fraction of sp³-hybridized carbons (Fsp3) is 0.483. The van der Waals surface area contributed by atoms with Gasteiger partial charge in [0.1, 0.15) is 17.9 Å². The smallest absolute Gasteiger partial charge is 0.227 e. The van der Waals surface area contributed by atoms with E-state index >= 15 is 0 Å². The predicted octanol–water partition coefficient (Wildman–Crippen LogP) is 7.69. The lowest BCUT2D eigenvalue weighted by Crippen LogP contribution is -2.28. The second-order valence-corrected chi connectivity index (χ2v) is 9.09. The van der Waals surface area contributed by atoms with E-state index < -0.39 is 0 Å². The van der Waals surface area contributed by atoms with Gasteiger partial charge in [0.25, 0.3) is 0 Å². The van der Waals surface area contributed by atoms with Gasteiger partial charge in [0.15, 0.2) is 5.58 Å². The Morgan fingerprint density at radius 2 is 1.79 bits per heavy atom. The summed E-state index contributed by atoms with van der Waals surface area (Å²) in [6, 6.07) is 14.2. The van der Waals surface area contributed by atoms with E-state index in [0.717, 1.165) is 53.2 Å². The third-order valence-corrected chi connectivity index (χ3v) is 6.67. The van der Waals surface area contributed by atoms with E-state index in [1.807, 2.05) is 30.3 Å². The first-order valence-electron chi connectivity index (χ1n) is 12.5. The van der Waals surface area contributed by atoms with Gasteiger partial charge in [-0.1, -0.05) is 60.1 Å². The van der Waals surface area contributed by atoms with Gasteiger partial charge in [-0.15, -0.1) is 0 Å². The summed E-state index contributed by atoms with van der Waals surface area (Å²) in [7, 11) is 0. The van der Waals surface area contributed by atoms with Crippen molar-refractivity contribution in [3.63, 3.8) is 0 Å². The molecule has 0 aliphatic carbocycles. The molecule has 33 heavy (non-hydrogen) atoms. The van der Waals surface area contributed by atoms with Crippen molar-refractivity contribution in [1.82, 2.24) is 9.88 Å². The summed E-state index contributed by atoms with van der Waals surface area (Å²) < 4.78 is 12.1. The maximum Gasteiger partial charge on any atom is 0.227 e. The molecule has 0 radical (unpaired) electrons. The molecule has 4 heteroatoms. The summed E-state index contributed by atoms with van der Waals surface area (Å²) in [5.41, 5.74) is 4.91. The van der Waals surface area contributed by atoms with Crippen LogP contribution in [0.25, 0.3) is 28.1 Å². The van der Waals surface area contributed by atoms with E-state index in [2.05, 4.69) is 58.2 Å². The fourth-order valence-electron chi connectivity index (χ4n) is 4.29. The van der Waals surface area contributed by atoms with Gasteiger partial charge in [0.05, 0.1) is 0 Å². The zero-order chi connectivity index (χ0) is 23.8. The average Bonchev–Trinajstić information content (AvgIpc) is 3.26. The number of likely N-dealkylation sites (N-methyl/N-ethyl adjacent to an activating group) is 1. The van der Waals surface area contributed by atoms with Crippen LogP contribution in [0.15, 0.2) is 53.5 Å². The summed E-state index contributed by atoms with van der Waals surface area (Å²) in [5.74, 6) is 2.55. The zero-order valence-electron chi connectivity index (χ0n) is 21.1. The molecule has 2 aromatic carbocycles. The van der Waals surface area contributed by atoms with Gasteiger partial charge in [-0.25, -0.2) is 4.98 Å². The molecule has 3 aromatic rings. The van der Waals surface area contributed by atoms with E-state index in [1.54, 1.807) is 0 Å². The molecule has 0 saturated heterocycles. The van der Waals surface area contributed by atoms with E-state index in [4.69, 9.17) is 14.1 Å². The minimum atomic E-state index is 0.434. The van der Waals surface area contributed by atoms with Crippen molar-refractivity contribution in [3.05, 3.63) is 54.6 Å². The topological polar surface area (TPSA) is 38.5 Å². The SMILES string of the molecule is C=C(c1ccc2nc(-c3ccc(OCCN(CC)CCC)cc3)oc2c1)[C@@H](C)[C@@H](C)CCC. The van der Waals surface area contributed by atoms with Crippen molar-refractivity contribution in [2.75, 3.05) is 26.2 Å². The Hall–Kier alpha value is -2.59. The van der Waals surface area contributed by atoms with Crippen LogP contribution in [0.3, 0.4) is 0 Å². The molecule has 0 bridgehead atoms. The summed E-state index contributed by atoms with van der Waals surface area (Å²) in [6.07, 6.45) is 3.58. The summed E-state index contributed by atoms with van der Waals surface area (Å²) in [6.45, 7) is 19.4. The van der Waals surface area contributed by atoms with Gasteiger partial charge in [-0.05, 0) is 78.9 Å². The number of nitrogens with zero attached hydrogens (tertiary/aromatic N) is 2. The van der Waals surface area contributed by atoms with Crippen molar-refractivity contribution >= 4 is 16.7 Å². The molecule has 3 rings (SSSR count). The van der Waals surface area contributed by atoms with Crippen LogP contribution in [0.4, 0.5) is 0 Å². The van der Waals surface area contributed by atoms with E-state index in [-0.39, 0.29) is 0 Å². The molecule has 4 nitrogen and oxygen atoms in total. The highest BCUT2D eigenvalue weighted by Crippen LogP contribution is 2.33. The second kappa shape index (κ2) is 12.0. The normalized spacial score (nSPS) is 13.4. The molecule has 0 amide bonds. The number of allylic oxidation sites excluding steroid dienone is 1. The van der Waals surface area contributed by atoms with E-state index in [1.165, 1.54) is 19.3 Å². The Morgan fingerprint density at radius 1 is 1.03 bits per heavy atom. The van der Waals surface area contributed by atoms with Crippen LogP contribution in [-0.2, 0) is 0 Å². The first-order chi connectivity index (χ1) is 16.0. The third-order valence-electron chi connectivity index (χ3n) is 6.67. The lowest BCUT2D eigenvalue weighted by molar-refractivity contribution is 0.216. The standard InChI is InChI=1S/C29H40N2O2/c1-7-10-21(4)22(5)23(6)25-13-16-27-28(20-25)33-29(30-27)24-11-14-26(15-12-24)32-19-18-31(9-3)17-8-2/h11-16,20-22H,6-10,17-19H2,1-5H3/t21-,22-/m0/s1. The Balaban J connectivity index is 1.67. The van der Waals surface area contributed by atoms with Crippen molar-refractivity contribution in [2.45, 2.75) is 53.9 Å². The first-order valence-corrected chi connectivity index (χ1v) is 12.5. The van der Waals surface area contributed by atoms with Gasteiger partial charge in [-0.2, -0.15) is 0 Å². The number of hydrogen-bond donors (Lipinski definition) is 0. The van der Waals surface area contributed by atoms with Crippen LogP contribution in [-0.4, -0.2) is 36.1 Å². The second-order valence-electron chi connectivity index (χ2n) is 9.09. The quantitative estimate of drug-likeness (QED) is 0.269. The van der Waals surface area contributed by atoms with Gasteiger partial charge < -0.3 is 14.1 Å². The molecule has 0 aliphatic heterocycles. The Bertz CT molecular complexity index is 1020. The molecule has 2 atom stereocenters.